The predicted molar refractivity (Wildman–Crippen MR) is 120 cm³/mol. The van der Waals surface area contributed by atoms with Gasteiger partial charge in [-0.15, -0.1) is 0 Å². The zero-order chi connectivity index (χ0) is 22.8. The number of carbonyl (C=O) groups excluding carboxylic acids is 2. The number of ether oxygens (including phenoxy) is 1. The first kappa shape index (κ1) is 24.8. The number of hydrogen-bond acceptors (Lipinski definition) is 3. The van der Waals surface area contributed by atoms with E-state index in [4.69, 9.17) is 16.3 Å². The van der Waals surface area contributed by atoms with Crippen LogP contribution in [0.25, 0.3) is 0 Å². The lowest BCUT2D eigenvalue weighted by molar-refractivity contribution is -0.140. The van der Waals surface area contributed by atoms with Crippen LogP contribution in [0.5, 0.6) is 0 Å². The van der Waals surface area contributed by atoms with E-state index in [0.29, 0.717) is 24.6 Å². The molecular weight excluding hydrogens is 419 g/mol. The molecule has 7 heteroatoms. The number of halogens is 2. The highest BCUT2D eigenvalue weighted by atomic mass is 35.5. The minimum atomic E-state index is -0.684. The van der Waals surface area contributed by atoms with Crippen LogP contribution in [0.3, 0.4) is 0 Å². The quantitative estimate of drug-likeness (QED) is 0.519. The van der Waals surface area contributed by atoms with E-state index in [0.717, 1.165) is 11.1 Å². The molecular formula is C24H30ClFN2O3. The molecule has 1 N–H and O–H groups in total. The Hall–Kier alpha value is -2.44. The van der Waals surface area contributed by atoms with Crippen molar-refractivity contribution in [2.45, 2.75) is 52.3 Å². The van der Waals surface area contributed by atoms with Crippen LogP contribution in [0.1, 0.15) is 38.3 Å². The Bertz CT molecular complexity index is 841. The molecule has 0 radical (unpaired) electrons. The summed E-state index contributed by atoms with van der Waals surface area (Å²) in [5.74, 6) is -0.786. The maximum Gasteiger partial charge on any atom is 0.242 e. The van der Waals surface area contributed by atoms with Crippen molar-refractivity contribution in [3.05, 3.63) is 70.5 Å². The lowest BCUT2D eigenvalue weighted by Crippen LogP contribution is -2.48. The summed E-state index contributed by atoms with van der Waals surface area (Å²) < 4.78 is 18.8. The number of hydrogen-bond donors (Lipinski definition) is 1. The van der Waals surface area contributed by atoms with Crippen molar-refractivity contribution >= 4 is 23.4 Å². The maximum absolute atomic E-state index is 13.3. The molecule has 0 aromatic heterocycles. The lowest BCUT2D eigenvalue weighted by Gasteiger charge is -2.29. The fourth-order valence-corrected chi connectivity index (χ4v) is 3.12. The molecule has 2 amide bonds. The van der Waals surface area contributed by atoms with E-state index in [9.17, 15) is 14.0 Å². The van der Waals surface area contributed by atoms with Crippen LogP contribution in [0.4, 0.5) is 4.39 Å². The van der Waals surface area contributed by atoms with E-state index in [1.165, 1.54) is 17.0 Å². The first-order chi connectivity index (χ1) is 14.8. The average Bonchev–Trinajstić information content (AvgIpc) is 2.73. The minimum Gasteiger partial charge on any atom is -0.379 e. The molecule has 31 heavy (non-hydrogen) atoms. The van der Waals surface area contributed by atoms with Gasteiger partial charge in [0.2, 0.25) is 11.8 Å². The van der Waals surface area contributed by atoms with Crippen LogP contribution in [0.15, 0.2) is 48.5 Å². The van der Waals surface area contributed by atoms with Gasteiger partial charge in [0.25, 0.3) is 0 Å². The number of nitrogens with zero attached hydrogens (tertiary/aromatic N) is 1. The van der Waals surface area contributed by atoms with Crippen molar-refractivity contribution in [3.8, 4) is 0 Å². The fourth-order valence-electron chi connectivity index (χ4n) is 3.00. The van der Waals surface area contributed by atoms with Gasteiger partial charge in [-0.25, -0.2) is 4.39 Å². The Kier molecular flexibility index (Phi) is 9.95. The van der Waals surface area contributed by atoms with Gasteiger partial charge in [-0.05, 0) is 62.6 Å². The maximum atomic E-state index is 13.3. The van der Waals surface area contributed by atoms with Crippen LogP contribution in [-0.2, 0) is 27.3 Å². The summed E-state index contributed by atoms with van der Waals surface area (Å²) in [4.78, 5) is 27.3. The number of carbonyl (C=O) groups is 2. The van der Waals surface area contributed by atoms with Gasteiger partial charge in [-0.2, -0.15) is 0 Å². The molecule has 0 saturated carbocycles. The highest BCUT2D eigenvalue weighted by molar-refractivity contribution is 6.30. The Labute approximate surface area is 188 Å². The van der Waals surface area contributed by atoms with E-state index < -0.39 is 6.04 Å². The van der Waals surface area contributed by atoms with Gasteiger partial charge in [0.05, 0.1) is 12.5 Å². The molecule has 0 heterocycles. The van der Waals surface area contributed by atoms with E-state index in [-0.39, 0.29) is 36.7 Å². The highest BCUT2D eigenvalue weighted by Crippen LogP contribution is 2.15. The summed E-state index contributed by atoms with van der Waals surface area (Å²) in [5, 5.41) is 3.46. The smallest absolute Gasteiger partial charge is 0.242 e. The summed E-state index contributed by atoms with van der Waals surface area (Å²) in [6.07, 6.45) is 0.970. The number of amides is 2. The van der Waals surface area contributed by atoms with Gasteiger partial charge in [-0.1, -0.05) is 35.9 Å². The molecule has 0 aliphatic carbocycles. The van der Waals surface area contributed by atoms with E-state index in [1.54, 1.807) is 43.3 Å². The van der Waals surface area contributed by atoms with Gasteiger partial charge in [0.15, 0.2) is 0 Å². The van der Waals surface area contributed by atoms with Crippen LogP contribution < -0.4 is 5.32 Å². The predicted octanol–water partition coefficient (Wildman–Crippen LogP) is 4.37. The van der Waals surface area contributed by atoms with E-state index in [2.05, 4.69) is 5.32 Å². The van der Waals surface area contributed by atoms with Crippen molar-refractivity contribution in [1.82, 2.24) is 10.2 Å². The number of benzene rings is 2. The molecule has 2 aromatic rings. The Morgan fingerprint density at radius 2 is 1.65 bits per heavy atom. The number of nitrogens with one attached hydrogen (secondary N) is 1. The summed E-state index contributed by atoms with van der Waals surface area (Å²) in [5.41, 5.74) is 1.55. The third-order valence-electron chi connectivity index (χ3n) is 4.77. The molecule has 0 spiro atoms. The molecule has 0 aliphatic rings. The van der Waals surface area contributed by atoms with Crippen LogP contribution >= 0.6 is 11.6 Å². The molecule has 1 atom stereocenters. The molecule has 2 aromatic carbocycles. The van der Waals surface area contributed by atoms with Gasteiger partial charge in [0, 0.05) is 24.7 Å². The first-order valence-electron chi connectivity index (χ1n) is 10.4. The summed E-state index contributed by atoms with van der Waals surface area (Å²) in [6.45, 7) is 6.84. The van der Waals surface area contributed by atoms with Crippen molar-refractivity contribution in [2.75, 3.05) is 13.2 Å². The molecule has 0 saturated heterocycles. The molecule has 0 fully saturated rings. The summed E-state index contributed by atoms with van der Waals surface area (Å²) in [6, 6.07) is 12.3. The summed E-state index contributed by atoms with van der Waals surface area (Å²) in [7, 11) is 0. The summed E-state index contributed by atoms with van der Waals surface area (Å²) >= 11 is 5.92. The second kappa shape index (κ2) is 12.4. The Balaban J connectivity index is 2.06. The van der Waals surface area contributed by atoms with Crippen LogP contribution in [-0.4, -0.2) is 42.0 Å². The van der Waals surface area contributed by atoms with Crippen molar-refractivity contribution in [1.29, 1.82) is 0 Å². The highest BCUT2D eigenvalue weighted by Gasteiger charge is 2.26. The van der Waals surface area contributed by atoms with Crippen LogP contribution in [0.2, 0.25) is 5.02 Å². The average molecular weight is 449 g/mol. The molecule has 5 nitrogen and oxygen atoms in total. The van der Waals surface area contributed by atoms with Gasteiger partial charge in [-0.3, -0.25) is 9.59 Å². The molecule has 168 valence electrons. The van der Waals surface area contributed by atoms with E-state index >= 15 is 0 Å². The first-order valence-corrected chi connectivity index (χ1v) is 10.8. The van der Waals surface area contributed by atoms with Crippen molar-refractivity contribution in [2.24, 2.45) is 0 Å². The van der Waals surface area contributed by atoms with Crippen LogP contribution in [0, 0.1) is 5.82 Å². The molecule has 0 unspecified atom stereocenters. The normalized spacial score (nSPS) is 11.9. The van der Waals surface area contributed by atoms with Gasteiger partial charge in [0.1, 0.15) is 11.9 Å². The third-order valence-corrected chi connectivity index (χ3v) is 5.03. The largest absolute Gasteiger partial charge is 0.379 e. The standard InChI is InChI=1S/C24H30ClFN2O3/c1-17(2)31-14-4-13-27-24(30)18(3)28(16-20-7-11-22(26)12-8-20)23(29)15-19-5-9-21(25)10-6-19/h5-12,17-18H,4,13-16H2,1-3H3,(H,27,30)/t18-/m1/s1. The molecule has 0 bridgehead atoms. The minimum absolute atomic E-state index is 0.137. The second-order valence-electron chi connectivity index (χ2n) is 7.69. The lowest BCUT2D eigenvalue weighted by atomic mass is 10.1. The number of rotatable bonds is 11. The monoisotopic (exact) mass is 448 g/mol. The molecule has 0 aliphatic heterocycles. The van der Waals surface area contributed by atoms with Gasteiger partial charge >= 0.3 is 0 Å². The van der Waals surface area contributed by atoms with Crippen molar-refractivity contribution in [3.63, 3.8) is 0 Å². The second-order valence-corrected chi connectivity index (χ2v) is 8.13. The third kappa shape index (κ3) is 8.67. The fraction of sp³-hybridized carbons (Fsp3) is 0.417. The van der Waals surface area contributed by atoms with E-state index in [1.807, 2.05) is 13.8 Å². The zero-order valence-corrected chi connectivity index (χ0v) is 19.0. The Morgan fingerprint density at radius 3 is 2.26 bits per heavy atom. The van der Waals surface area contributed by atoms with Crippen molar-refractivity contribution < 1.29 is 18.7 Å². The topological polar surface area (TPSA) is 58.6 Å². The zero-order valence-electron chi connectivity index (χ0n) is 18.2. The van der Waals surface area contributed by atoms with Gasteiger partial charge < -0.3 is 15.0 Å². The SMILES string of the molecule is CC(C)OCCCNC(=O)[C@@H](C)N(Cc1ccc(F)cc1)C(=O)Cc1ccc(Cl)cc1. The molecule has 2 rings (SSSR count). The Morgan fingerprint density at radius 1 is 1.03 bits per heavy atom.